The summed E-state index contributed by atoms with van der Waals surface area (Å²) >= 11 is 0. The van der Waals surface area contributed by atoms with Gasteiger partial charge in [0.25, 0.3) is 0 Å². The number of carbonyl (C=O) groups is 1. The first kappa shape index (κ1) is 25.1. The molecule has 0 spiro atoms. The van der Waals surface area contributed by atoms with Crippen molar-refractivity contribution in [1.29, 1.82) is 0 Å². The van der Waals surface area contributed by atoms with Gasteiger partial charge in [0.05, 0.1) is 33.5 Å². The summed E-state index contributed by atoms with van der Waals surface area (Å²) in [6.07, 6.45) is 3.98. The van der Waals surface area contributed by atoms with Crippen LogP contribution in [0.4, 0.5) is 0 Å². The number of hydrogen-bond acceptors (Lipinski definition) is 7. The van der Waals surface area contributed by atoms with E-state index in [0.717, 1.165) is 18.4 Å². The molecule has 7 heteroatoms. The van der Waals surface area contributed by atoms with Gasteiger partial charge in [-0.05, 0) is 37.0 Å². The molecule has 0 saturated heterocycles. The molecule has 7 nitrogen and oxygen atoms in total. The average Bonchev–Trinajstić information content (AvgIpc) is 2.86. The summed E-state index contributed by atoms with van der Waals surface area (Å²) in [5.74, 6) is 1.97. The number of esters is 1. The normalized spacial score (nSPS) is 10.8. The van der Waals surface area contributed by atoms with Crippen molar-refractivity contribution < 1.29 is 28.2 Å². The second kappa shape index (κ2) is 12.1. The Morgan fingerprint density at radius 3 is 2.29 bits per heavy atom. The molecule has 34 heavy (non-hydrogen) atoms. The van der Waals surface area contributed by atoms with Crippen LogP contribution in [0.3, 0.4) is 0 Å². The van der Waals surface area contributed by atoms with E-state index < -0.39 is 0 Å². The minimum absolute atomic E-state index is 0.181. The van der Waals surface area contributed by atoms with Crippen LogP contribution < -0.4 is 19.6 Å². The quantitative estimate of drug-likeness (QED) is 0.255. The lowest BCUT2D eigenvalue weighted by Gasteiger charge is -2.14. The molecule has 0 bridgehead atoms. The van der Waals surface area contributed by atoms with Crippen molar-refractivity contribution in [2.45, 2.75) is 45.4 Å². The zero-order chi connectivity index (χ0) is 24.5. The van der Waals surface area contributed by atoms with Crippen molar-refractivity contribution in [2.24, 2.45) is 0 Å². The maximum atomic E-state index is 13.7. The van der Waals surface area contributed by atoms with Crippen LogP contribution in [0.1, 0.15) is 44.8 Å². The number of carbonyl (C=O) groups excluding carboxylic acids is 1. The van der Waals surface area contributed by atoms with Gasteiger partial charge in [0.1, 0.15) is 34.0 Å². The average molecular weight is 469 g/mol. The van der Waals surface area contributed by atoms with E-state index >= 15 is 0 Å². The van der Waals surface area contributed by atoms with Crippen molar-refractivity contribution in [3.63, 3.8) is 0 Å². The molecule has 0 fully saturated rings. The van der Waals surface area contributed by atoms with Gasteiger partial charge in [-0.3, -0.25) is 9.59 Å². The van der Waals surface area contributed by atoms with Gasteiger partial charge < -0.3 is 23.4 Å². The van der Waals surface area contributed by atoms with Gasteiger partial charge in [-0.2, -0.15) is 0 Å². The fraction of sp³-hybridized carbons (Fsp3) is 0.407. The van der Waals surface area contributed by atoms with Crippen LogP contribution in [-0.2, 0) is 16.0 Å². The first-order valence-corrected chi connectivity index (χ1v) is 11.5. The van der Waals surface area contributed by atoms with E-state index in [2.05, 4.69) is 6.92 Å². The maximum absolute atomic E-state index is 13.7. The second-order valence-corrected chi connectivity index (χ2v) is 7.94. The number of benzene rings is 2. The number of hydrogen-bond donors (Lipinski definition) is 0. The first-order chi connectivity index (χ1) is 16.5. The van der Waals surface area contributed by atoms with Crippen LogP contribution >= 0.6 is 0 Å². The van der Waals surface area contributed by atoms with Crippen molar-refractivity contribution >= 4 is 16.9 Å². The summed E-state index contributed by atoms with van der Waals surface area (Å²) in [7, 11) is 4.65. The molecule has 0 N–H and O–H groups in total. The van der Waals surface area contributed by atoms with E-state index in [4.69, 9.17) is 23.4 Å². The summed E-state index contributed by atoms with van der Waals surface area (Å²) < 4.78 is 27.5. The van der Waals surface area contributed by atoms with Gasteiger partial charge >= 0.3 is 5.97 Å². The van der Waals surface area contributed by atoms with Gasteiger partial charge in [-0.25, -0.2) is 0 Å². The molecule has 1 heterocycles. The predicted molar refractivity (Wildman–Crippen MR) is 131 cm³/mol. The Bertz CT molecular complexity index is 1160. The Balaban J connectivity index is 1.95. The zero-order valence-corrected chi connectivity index (χ0v) is 20.3. The highest BCUT2D eigenvalue weighted by Gasteiger charge is 2.20. The van der Waals surface area contributed by atoms with Gasteiger partial charge in [0.2, 0.25) is 5.43 Å². The van der Waals surface area contributed by atoms with Crippen LogP contribution in [0.25, 0.3) is 22.1 Å². The number of methoxy groups -OCH3 is 3. The number of unbranched alkanes of at least 4 members (excludes halogenated alkanes) is 2. The number of rotatable bonds is 12. The highest BCUT2D eigenvalue weighted by Crippen LogP contribution is 2.34. The molecule has 0 atom stereocenters. The molecule has 3 aromatic rings. The molecule has 0 saturated carbocycles. The fourth-order valence-corrected chi connectivity index (χ4v) is 3.77. The Morgan fingerprint density at radius 2 is 1.65 bits per heavy atom. The molecule has 1 aromatic heterocycles. The maximum Gasteiger partial charge on any atom is 0.305 e. The molecule has 0 aliphatic heterocycles. The van der Waals surface area contributed by atoms with E-state index in [9.17, 15) is 9.59 Å². The summed E-state index contributed by atoms with van der Waals surface area (Å²) in [6, 6.07) is 10.6. The van der Waals surface area contributed by atoms with Crippen LogP contribution in [0, 0.1) is 0 Å². The first-order valence-electron chi connectivity index (χ1n) is 11.5. The number of fused-ring (bicyclic) bond motifs is 1. The SMILES string of the molecule is CCCCOC(=O)CCCCc1oc2cc(OC)cc(OC)c2c(=O)c1-c1ccc(OC)cc1. The van der Waals surface area contributed by atoms with Gasteiger partial charge in [-0.1, -0.05) is 25.5 Å². The van der Waals surface area contributed by atoms with Crippen molar-refractivity contribution in [3.8, 4) is 28.4 Å². The third-order valence-electron chi connectivity index (χ3n) is 5.64. The third kappa shape index (κ3) is 5.90. The zero-order valence-electron chi connectivity index (χ0n) is 20.3. The van der Waals surface area contributed by atoms with Crippen LogP contribution in [0.5, 0.6) is 17.2 Å². The standard InChI is InChI=1S/C27H32O7/c1-5-6-15-33-24(28)10-8-7-9-21-25(18-11-13-19(30-2)14-12-18)27(29)26-22(32-4)16-20(31-3)17-23(26)34-21/h11-14,16-17H,5-10,15H2,1-4H3. The summed E-state index contributed by atoms with van der Waals surface area (Å²) in [6.45, 7) is 2.51. The van der Waals surface area contributed by atoms with E-state index in [-0.39, 0.29) is 11.4 Å². The Hall–Kier alpha value is -3.48. The molecule has 0 aliphatic carbocycles. The minimum Gasteiger partial charge on any atom is -0.497 e. The van der Waals surface area contributed by atoms with Gasteiger partial charge in [-0.15, -0.1) is 0 Å². The molecular weight excluding hydrogens is 436 g/mol. The van der Waals surface area contributed by atoms with Gasteiger partial charge in [0, 0.05) is 25.0 Å². The lowest BCUT2D eigenvalue weighted by Crippen LogP contribution is -2.11. The topological polar surface area (TPSA) is 84.2 Å². The second-order valence-electron chi connectivity index (χ2n) is 7.94. The molecule has 3 rings (SSSR count). The Labute approximate surface area is 199 Å². The highest BCUT2D eigenvalue weighted by molar-refractivity contribution is 5.89. The molecule has 0 unspecified atom stereocenters. The van der Waals surface area contributed by atoms with E-state index in [1.54, 1.807) is 38.5 Å². The van der Waals surface area contributed by atoms with Crippen molar-refractivity contribution in [1.82, 2.24) is 0 Å². The van der Waals surface area contributed by atoms with Gasteiger partial charge in [0.15, 0.2) is 0 Å². The molecule has 0 amide bonds. The monoisotopic (exact) mass is 468 g/mol. The smallest absolute Gasteiger partial charge is 0.305 e. The predicted octanol–water partition coefficient (Wildman–Crippen LogP) is 5.54. The number of ether oxygens (including phenoxy) is 4. The summed E-state index contributed by atoms with van der Waals surface area (Å²) in [5.41, 5.74) is 1.42. The van der Waals surface area contributed by atoms with Crippen LogP contribution in [-0.4, -0.2) is 33.9 Å². The van der Waals surface area contributed by atoms with E-state index in [1.165, 1.54) is 7.11 Å². The fourth-order valence-electron chi connectivity index (χ4n) is 3.77. The molecule has 0 aliphatic rings. The lowest BCUT2D eigenvalue weighted by atomic mass is 9.98. The van der Waals surface area contributed by atoms with Crippen LogP contribution in [0.2, 0.25) is 0 Å². The lowest BCUT2D eigenvalue weighted by molar-refractivity contribution is -0.143. The molecule has 2 aromatic carbocycles. The Morgan fingerprint density at radius 1 is 0.912 bits per heavy atom. The molecule has 0 radical (unpaired) electrons. The highest BCUT2D eigenvalue weighted by atomic mass is 16.5. The van der Waals surface area contributed by atoms with Crippen molar-refractivity contribution in [2.75, 3.05) is 27.9 Å². The largest absolute Gasteiger partial charge is 0.497 e. The number of aryl methyl sites for hydroxylation is 1. The van der Waals surface area contributed by atoms with Crippen LogP contribution in [0.15, 0.2) is 45.6 Å². The Kier molecular flexibility index (Phi) is 8.96. The summed E-state index contributed by atoms with van der Waals surface area (Å²) in [5, 5.41) is 0.359. The summed E-state index contributed by atoms with van der Waals surface area (Å²) in [4.78, 5) is 25.6. The third-order valence-corrected chi connectivity index (χ3v) is 5.64. The minimum atomic E-state index is -0.196. The molecular formula is C27H32O7. The van der Waals surface area contributed by atoms with E-state index in [0.29, 0.717) is 71.8 Å². The molecule has 182 valence electrons. The van der Waals surface area contributed by atoms with E-state index in [1.807, 2.05) is 12.1 Å². The van der Waals surface area contributed by atoms with Crippen molar-refractivity contribution in [3.05, 3.63) is 52.4 Å².